The van der Waals surface area contributed by atoms with Crippen molar-refractivity contribution in [3.05, 3.63) is 35.9 Å². The van der Waals surface area contributed by atoms with E-state index in [1.807, 2.05) is 30.3 Å². The van der Waals surface area contributed by atoms with Crippen molar-refractivity contribution in [2.45, 2.75) is 6.54 Å². The first-order valence-electron chi connectivity index (χ1n) is 3.01. The molecule has 54 valence electrons. The summed E-state index contributed by atoms with van der Waals surface area (Å²) in [4.78, 5) is 0. The van der Waals surface area contributed by atoms with Gasteiger partial charge in [0.2, 0.25) is 0 Å². The van der Waals surface area contributed by atoms with Crippen LogP contribution in [-0.4, -0.2) is 5.23 Å². The van der Waals surface area contributed by atoms with E-state index in [1.54, 1.807) is 0 Å². The molecule has 0 aliphatic carbocycles. The fourth-order valence-electron chi connectivity index (χ4n) is 0.758. The van der Waals surface area contributed by atoms with E-state index >= 15 is 0 Å². The van der Waals surface area contributed by atoms with Crippen LogP contribution < -0.4 is 5.84 Å². The third-order valence-electron chi connectivity index (χ3n) is 1.18. The van der Waals surface area contributed by atoms with Gasteiger partial charge in [0.1, 0.15) is 0 Å². The molecule has 10 heavy (non-hydrogen) atoms. The van der Waals surface area contributed by atoms with Crippen LogP contribution in [0.1, 0.15) is 5.56 Å². The Hall–Kier alpha value is -0.930. The van der Waals surface area contributed by atoms with Gasteiger partial charge in [0.15, 0.2) is 0 Å². The van der Waals surface area contributed by atoms with E-state index in [-0.39, 0.29) is 11.8 Å². The number of hydrogen-bond donors (Lipinski definition) is 1. The summed E-state index contributed by atoms with van der Waals surface area (Å²) in [6.45, 7) is 0.140. The van der Waals surface area contributed by atoms with Crippen LogP contribution in [0.4, 0.5) is 4.48 Å². The van der Waals surface area contributed by atoms with Gasteiger partial charge in [0.05, 0.1) is 6.54 Å². The van der Waals surface area contributed by atoms with Crippen molar-refractivity contribution in [2.75, 3.05) is 0 Å². The number of halogens is 1. The maximum atomic E-state index is 12.0. The summed E-state index contributed by atoms with van der Waals surface area (Å²) in [5.41, 5.74) is 0.868. The molecule has 0 atom stereocenters. The molecule has 0 aliphatic heterocycles. The van der Waals surface area contributed by atoms with Crippen molar-refractivity contribution in [2.24, 2.45) is 5.84 Å². The minimum Gasteiger partial charge on any atom is -0.241 e. The molecular weight excluding hydrogens is 131 g/mol. The van der Waals surface area contributed by atoms with Gasteiger partial charge in [-0.25, -0.2) is 5.84 Å². The molecule has 0 unspecified atom stereocenters. The average Bonchev–Trinajstić information content (AvgIpc) is 1.88. The van der Waals surface area contributed by atoms with E-state index in [2.05, 4.69) is 0 Å². The van der Waals surface area contributed by atoms with Crippen molar-refractivity contribution in [3.8, 4) is 0 Å². The van der Waals surface area contributed by atoms with Gasteiger partial charge in [0, 0.05) is 0 Å². The number of hydrazine groups is 1. The molecule has 0 spiro atoms. The Morgan fingerprint density at radius 3 is 2.40 bits per heavy atom. The quantitative estimate of drug-likeness (QED) is 0.380. The Labute approximate surface area is 59.0 Å². The van der Waals surface area contributed by atoms with Crippen molar-refractivity contribution >= 4 is 0 Å². The first-order valence-corrected chi connectivity index (χ1v) is 3.01. The number of hydrogen-bond acceptors (Lipinski definition) is 2. The van der Waals surface area contributed by atoms with E-state index in [1.165, 1.54) is 0 Å². The lowest BCUT2D eigenvalue weighted by atomic mass is 10.2. The maximum absolute atomic E-state index is 12.0. The number of benzene rings is 1. The van der Waals surface area contributed by atoms with Gasteiger partial charge in [-0.3, -0.25) is 0 Å². The van der Waals surface area contributed by atoms with Crippen LogP contribution in [-0.2, 0) is 6.54 Å². The second kappa shape index (κ2) is 3.29. The monoisotopic (exact) mass is 140 g/mol. The van der Waals surface area contributed by atoms with Crippen LogP contribution in [0, 0.1) is 0 Å². The molecule has 0 saturated heterocycles. The zero-order valence-corrected chi connectivity index (χ0v) is 5.50. The van der Waals surface area contributed by atoms with E-state index in [0.29, 0.717) is 0 Å². The Kier molecular flexibility index (Phi) is 2.36. The molecule has 0 aromatic heterocycles. The van der Waals surface area contributed by atoms with Gasteiger partial charge in [-0.1, -0.05) is 35.6 Å². The summed E-state index contributed by atoms with van der Waals surface area (Å²) < 4.78 is 12.0. The third-order valence-corrected chi connectivity index (χ3v) is 1.18. The second-order valence-corrected chi connectivity index (χ2v) is 2.04. The summed E-state index contributed by atoms with van der Waals surface area (Å²) in [5, 5.41) is 0.162. The molecule has 0 heterocycles. The lowest BCUT2D eigenvalue weighted by Crippen LogP contribution is -2.20. The van der Waals surface area contributed by atoms with Gasteiger partial charge in [-0.2, -0.15) is 0 Å². The minimum atomic E-state index is 0.140. The number of rotatable bonds is 2. The Balaban J connectivity index is 2.59. The first-order chi connectivity index (χ1) is 4.79. The van der Waals surface area contributed by atoms with Gasteiger partial charge >= 0.3 is 0 Å². The third kappa shape index (κ3) is 2.13. The van der Waals surface area contributed by atoms with Crippen molar-refractivity contribution in [3.63, 3.8) is 0 Å². The Morgan fingerprint density at radius 2 is 1.90 bits per heavy atom. The first kappa shape index (κ1) is 7.18. The Morgan fingerprint density at radius 1 is 1.30 bits per heavy atom. The minimum absolute atomic E-state index is 0.140. The standard InChI is InChI=1S/C7H9FN2/c8-10(9)6-7-4-2-1-3-5-7/h1-5H,6,9H2. The SMILES string of the molecule is NN(F)Cc1ccccc1. The predicted octanol–water partition coefficient (Wildman–Crippen LogP) is 1.25. The van der Waals surface area contributed by atoms with Crippen LogP contribution in [0.3, 0.4) is 0 Å². The second-order valence-electron chi connectivity index (χ2n) is 2.04. The number of nitrogens with two attached hydrogens (primary N) is 1. The van der Waals surface area contributed by atoms with Crippen molar-refractivity contribution in [1.82, 2.24) is 5.23 Å². The van der Waals surface area contributed by atoms with E-state index in [0.717, 1.165) is 5.56 Å². The molecule has 0 amide bonds. The van der Waals surface area contributed by atoms with Crippen LogP contribution in [0.25, 0.3) is 0 Å². The maximum Gasteiger partial charge on any atom is 0.0700 e. The smallest absolute Gasteiger partial charge is 0.0700 e. The zero-order chi connectivity index (χ0) is 7.40. The molecule has 0 fully saturated rings. The molecule has 1 aromatic carbocycles. The summed E-state index contributed by atoms with van der Waals surface area (Å²) in [5.74, 6) is 4.79. The van der Waals surface area contributed by atoms with Crippen LogP contribution in [0.2, 0.25) is 0 Å². The van der Waals surface area contributed by atoms with Gasteiger partial charge in [-0.15, -0.1) is 4.48 Å². The van der Waals surface area contributed by atoms with Gasteiger partial charge in [0.25, 0.3) is 0 Å². The summed E-state index contributed by atoms with van der Waals surface area (Å²) in [6, 6.07) is 9.21. The molecule has 2 nitrogen and oxygen atoms in total. The lowest BCUT2D eigenvalue weighted by Gasteiger charge is -2.02. The highest BCUT2D eigenvalue weighted by atomic mass is 19.2. The average molecular weight is 140 g/mol. The molecule has 1 rings (SSSR count). The van der Waals surface area contributed by atoms with Crippen molar-refractivity contribution < 1.29 is 4.48 Å². The van der Waals surface area contributed by atoms with Gasteiger partial charge < -0.3 is 0 Å². The van der Waals surface area contributed by atoms with E-state index < -0.39 is 0 Å². The van der Waals surface area contributed by atoms with Crippen LogP contribution >= 0.6 is 0 Å². The highest BCUT2D eigenvalue weighted by Crippen LogP contribution is 2.00. The summed E-state index contributed by atoms with van der Waals surface area (Å²) in [6.07, 6.45) is 0. The molecule has 1 aromatic rings. The molecular formula is C7H9FN2. The number of nitrogens with zero attached hydrogens (tertiary/aromatic N) is 1. The van der Waals surface area contributed by atoms with Crippen LogP contribution in [0.15, 0.2) is 30.3 Å². The highest BCUT2D eigenvalue weighted by Gasteiger charge is 1.94. The highest BCUT2D eigenvalue weighted by molar-refractivity contribution is 5.13. The Bertz CT molecular complexity index is 186. The molecule has 3 heteroatoms. The summed E-state index contributed by atoms with van der Waals surface area (Å²) >= 11 is 0. The largest absolute Gasteiger partial charge is 0.241 e. The molecule has 2 N–H and O–H groups in total. The topological polar surface area (TPSA) is 29.3 Å². The fraction of sp³-hybridized carbons (Fsp3) is 0.143. The van der Waals surface area contributed by atoms with Gasteiger partial charge in [-0.05, 0) is 5.56 Å². The lowest BCUT2D eigenvalue weighted by molar-refractivity contribution is 0.0151. The fourth-order valence-corrected chi connectivity index (χ4v) is 0.758. The normalized spacial score (nSPS) is 10.3. The molecule has 0 bridgehead atoms. The molecule has 0 saturated carbocycles. The van der Waals surface area contributed by atoms with Crippen molar-refractivity contribution in [1.29, 1.82) is 0 Å². The molecule has 0 radical (unpaired) electrons. The zero-order valence-electron chi connectivity index (χ0n) is 5.50. The van der Waals surface area contributed by atoms with Crippen LogP contribution in [0.5, 0.6) is 0 Å². The van der Waals surface area contributed by atoms with E-state index in [9.17, 15) is 4.48 Å². The molecule has 0 aliphatic rings. The summed E-state index contributed by atoms with van der Waals surface area (Å²) in [7, 11) is 0. The van der Waals surface area contributed by atoms with E-state index in [4.69, 9.17) is 5.84 Å². The predicted molar refractivity (Wildman–Crippen MR) is 37.3 cm³/mol.